The van der Waals surface area contributed by atoms with Gasteiger partial charge in [0.2, 0.25) is 5.91 Å². The number of ether oxygens (including phenoxy) is 1. The van der Waals surface area contributed by atoms with Crippen molar-refractivity contribution >= 4 is 34.6 Å². The number of halogens is 6. The van der Waals surface area contributed by atoms with Crippen molar-refractivity contribution < 1.29 is 35.9 Å². The molecule has 0 heterocycles. The number of nitrogen functional groups attached to an aromatic ring is 1. The van der Waals surface area contributed by atoms with Crippen molar-refractivity contribution in [2.24, 2.45) is 0 Å². The highest BCUT2D eigenvalue weighted by atomic mass is 32.1. The number of hydrogen-bond acceptors (Lipinski definition) is 4. The molecule has 174 valence electrons. The lowest BCUT2D eigenvalue weighted by Gasteiger charge is -2.22. The van der Waals surface area contributed by atoms with Crippen molar-refractivity contribution in [1.29, 1.82) is 0 Å². The first-order valence-electron chi connectivity index (χ1n) is 8.89. The number of hydrogen-bond donors (Lipinski definition) is 4. The number of alkyl halides is 6. The fourth-order valence-corrected chi connectivity index (χ4v) is 2.88. The van der Waals surface area contributed by atoms with Gasteiger partial charge in [-0.25, -0.2) is 0 Å². The Balaban J connectivity index is 2.25. The van der Waals surface area contributed by atoms with Crippen LogP contribution in [0.4, 0.5) is 37.7 Å². The molecule has 2 rings (SSSR count). The van der Waals surface area contributed by atoms with Gasteiger partial charge in [-0.3, -0.25) is 4.79 Å². The lowest BCUT2D eigenvalue weighted by atomic mass is 10.0. The fourth-order valence-electron chi connectivity index (χ4n) is 2.63. The number of rotatable bonds is 6. The van der Waals surface area contributed by atoms with Crippen LogP contribution in [-0.4, -0.2) is 24.4 Å². The van der Waals surface area contributed by atoms with E-state index in [4.69, 9.17) is 18.0 Å². The summed E-state index contributed by atoms with van der Waals surface area (Å²) in [5.41, 5.74) is 4.94. The number of amides is 1. The van der Waals surface area contributed by atoms with E-state index in [2.05, 4.69) is 20.7 Å². The molecule has 6 nitrogen and oxygen atoms in total. The first-order valence-corrected chi connectivity index (χ1v) is 9.30. The van der Waals surface area contributed by atoms with E-state index >= 15 is 0 Å². The average Bonchev–Trinajstić information content (AvgIpc) is 2.68. The van der Waals surface area contributed by atoms with Gasteiger partial charge in [-0.15, -0.1) is 13.2 Å². The van der Waals surface area contributed by atoms with E-state index in [1.807, 2.05) is 0 Å². The largest absolute Gasteiger partial charge is 0.573 e. The van der Waals surface area contributed by atoms with Crippen LogP contribution in [-0.2, 0) is 11.0 Å². The number of nitrogens with one attached hydrogen (secondary N) is 3. The molecule has 0 aliphatic rings. The number of nitrogens with two attached hydrogens (primary N) is 1. The zero-order chi connectivity index (χ0) is 24.1. The molecule has 0 aromatic heterocycles. The molecule has 1 amide bonds. The lowest BCUT2D eigenvalue weighted by Crippen LogP contribution is -2.35. The minimum absolute atomic E-state index is 0.0330. The molecule has 0 spiro atoms. The minimum atomic E-state index is -4.92. The number of carbonyl (C=O) groups excluding carboxylic acids is 1. The molecular weight excluding hydrogens is 462 g/mol. The second kappa shape index (κ2) is 9.94. The molecule has 5 N–H and O–H groups in total. The Morgan fingerprint density at radius 2 is 1.81 bits per heavy atom. The predicted molar refractivity (Wildman–Crippen MR) is 110 cm³/mol. The second-order valence-electron chi connectivity index (χ2n) is 6.45. The lowest BCUT2D eigenvalue weighted by molar-refractivity contribution is -0.274. The first kappa shape index (κ1) is 25.0. The summed E-state index contributed by atoms with van der Waals surface area (Å²) in [5.74, 6) is -1.04. The molecule has 32 heavy (non-hydrogen) atoms. The molecule has 0 fully saturated rings. The van der Waals surface area contributed by atoms with Gasteiger partial charge in [-0.1, -0.05) is 12.1 Å². The molecule has 2 aromatic rings. The standard InChI is InChI=1S/C19H18F6N4O2S/c1-27-16(30)9-14(10-3-2-4-11(7-10)18(20,21)22)28-17(32)29-15-8-12(5-6-13(15)26)31-19(23,24)25/h2-8,14H,9,26H2,1H3,(H,27,30)(H2,28,29,32). The van der Waals surface area contributed by atoms with Gasteiger partial charge in [0, 0.05) is 13.1 Å². The molecule has 1 unspecified atom stereocenters. The summed E-state index contributed by atoms with van der Waals surface area (Å²) in [7, 11) is 1.36. The average molecular weight is 480 g/mol. The number of thiocarbonyl (C=S) groups is 1. The minimum Gasteiger partial charge on any atom is -0.406 e. The van der Waals surface area contributed by atoms with E-state index in [1.54, 1.807) is 0 Å². The van der Waals surface area contributed by atoms with Crippen LogP contribution in [0.2, 0.25) is 0 Å². The van der Waals surface area contributed by atoms with Crippen LogP contribution in [0.15, 0.2) is 42.5 Å². The van der Waals surface area contributed by atoms with E-state index in [-0.39, 0.29) is 28.5 Å². The third kappa shape index (κ3) is 7.48. The molecule has 0 aliphatic carbocycles. The first-order chi connectivity index (χ1) is 14.8. The van der Waals surface area contributed by atoms with E-state index in [0.717, 1.165) is 30.3 Å². The van der Waals surface area contributed by atoms with E-state index in [0.29, 0.717) is 0 Å². The fraction of sp³-hybridized carbons (Fsp3) is 0.263. The Morgan fingerprint density at radius 1 is 1.12 bits per heavy atom. The zero-order valence-electron chi connectivity index (χ0n) is 16.4. The van der Waals surface area contributed by atoms with Crippen molar-refractivity contribution in [3.8, 4) is 5.75 Å². The van der Waals surface area contributed by atoms with Gasteiger partial charge >= 0.3 is 12.5 Å². The Labute approximate surface area is 184 Å². The molecule has 0 radical (unpaired) electrons. The molecule has 0 saturated carbocycles. The maximum atomic E-state index is 13.1. The van der Waals surface area contributed by atoms with E-state index in [9.17, 15) is 31.1 Å². The number of benzene rings is 2. The summed E-state index contributed by atoms with van der Waals surface area (Å²) < 4.78 is 80.3. The van der Waals surface area contributed by atoms with Crippen LogP contribution in [0.3, 0.4) is 0 Å². The summed E-state index contributed by atoms with van der Waals surface area (Å²) in [6.45, 7) is 0. The Morgan fingerprint density at radius 3 is 2.41 bits per heavy atom. The maximum Gasteiger partial charge on any atom is 0.573 e. The van der Waals surface area contributed by atoms with Crippen LogP contribution in [0, 0.1) is 0 Å². The SMILES string of the molecule is CNC(=O)CC(NC(=S)Nc1cc(OC(F)(F)F)ccc1N)c1cccc(C(F)(F)F)c1. The van der Waals surface area contributed by atoms with Gasteiger partial charge in [0.05, 0.1) is 29.4 Å². The Bertz CT molecular complexity index is 981. The van der Waals surface area contributed by atoms with Gasteiger partial charge in [0.1, 0.15) is 5.75 Å². The number of carbonyl (C=O) groups is 1. The summed E-state index contributed by atoms with van der Waals surface area (Å²) >= 11 is 5.13. The third-order valence-corrected chi connectivity index (χ3v) is 4.32. The second-order valence-corrected chi connectivity index (χ2v) is 6.86. The summed E-state index contributed by atoms with van der Waals surface area (Å²) in [5, 5.41) is 7.44. The van der Waals surface area contributed by atoms with Gasteiger partial charge < -0.3 is 26.4 Å². The third-order valence-electron chi connectivity index (χ3n) is 4.10. The summed E-state index contributed by atoms with van der Waals surface area (Å²) in [6.07, 6.45) is -9.79. The topological polar surface area (TPSA) is 88.4 Å². The van der Waals surface area contributed by atoms with Crippen LogP contribution >= 0.6 is 12.2 Å². The quantitative estimate of drug-likeness (QED) is 0.279. The van der Waals surface area contributed by atoms with Gasteiger partial charge in [-0.2, -0.15) is 13.2 Å². The maximum absolute atomic E-state index is 13.1. The number of anilines is 2. The zero-order valence-corrected chi connectivity index (χ0v) is 17.2. The van der Waals surface area contributed by atoms with Crippen molar-refractivity contribution in [2.45, 2.75) is 25.0 Å². The normalized spacial score (nSPS) is 12.6. The van der Waals surface area contributed by atoms with E-state index in [1.165, 1.54) is 19.2 Å². The van der Waals surface area contributed by atoms with E-state index < -0.39 is 35.8 Å². The Hall–Kier alpha value is -3.22. The Kier molecular flexibility index (Phi) is 7.78. The van der Waals surface area contributed by atoms with Crippen LogP contribution in [0.25, 0.3) is 0 Å². The highest BCUT2D eigenvalue weighted by Gasteiger charge is 2.32. The molecule has 2 aromatic carbocycles. The smallest absolute Gasteiger partial charge is 0.406 e. The van der Waals surface area contributed by atoms with Gasteiger partial charge in [0.25, 0.3) is 0 Å². The summed E-state index contributed by atoms with van der Waals surface area (Å²) in [4.78, 5) is 11.9. The predicted octanol–water partition coefficient (Wildman–Crippen LogP) is 4.35. The highest BCUT2D eigenvalue weighted by Crippen LogP contribution is 2.32. The van der Waals surface area contributed by atoms with Crippen molar-refractivity contribution in [3.63, 3.8) is 0 Å². The van der Waals surface area contributed by atoms with Crippen LogP contribution in [0.5, 0.6) is 5.75 Å². The molecule has 13 heteroatoms. The van der Waals surface area contributed by atoms with Crippen LogP contribution < -0.4 is 26.4 Å². The molecule has 1 atom stereocenters. The van der Waals surface area contributed by atoms with Crippen molar-refractivity contribution in [1.82, 2.24) is 10.6 Å². The molecule has 0 aliphatic heterocycles. The van der Waals surface area contributed by atoms with Crippen LogP contribution in [0.1, 0.15) is 23.6 Å². The van der Waals surface area contributed by atoms with Crippen molar-refractivity contribution in [3.05, 3.63) is 53.6 Å². The highest BCUT2D eigenvalue weighted by molar-refractivity contribution is 7.80. The van der Waals surface area contributed by atoms with Gasteiger partial charge in [-0.05, 0) is 42.0 Å². The summed E-state index contributed by atoms with van der Waals surface area (Å²) in [6, 6.07) is 6.44. The molecule has 0 bridgehead atoms. The molecule has 0 saturated heterocycles. The van der Waals surface area contributed by atoms with Gasteiger partial charge in [0.15, 0.2) is 5.11 Å². The van der Waals surface area contributed by atoms with Crippen molar-refractivity contribution in [2.75, 3.05) is 18.1 Å². The monoisotopic (exact) mass is 480 g/mol. The molecular formula is C19H18F6N4O2S.